The average Bonchev–Trinajstić information content (AvgIpc) is 3.05. The second kappa shape index (κ2) is 4.06. The molecule has 4 rings (SSSR count). The first-order valence-electron chi connectivity index (χ1n) is 6.66. The molecule has 1 saturated heterocycles. The molecule has 2 aliphatic rings. The van der Waals surface area contributed by atoms with Gasteiger partial charge < -0.3 is 9.64 Å². The Labute approximate surface area is 109 Å². The van der Waals surface area contributed by atoms with Crippen molar-refractivity contribution in [3.8, 4) is 0 Å². The zero-order chi connectivity index (χ0) is 12.8. The Morgan fingerprint density at radius 2 is 2.05 bits per heavy atom. The van der Waals surface area contributed by atoms with Gasteiger partial charge >= 0.3 is 0 Å². The molecule has 7 heteroatoms. The van der Waals surface area contributed by atoms with Gasteiger partial charge in [0.1, 0.15) is 0 Å². The number of morpholine rings is 1. The van der Waals surface area contributed by atoms with Crippen molar-refractivity contribution in [3.63, 3.8) is 0 Å². The minimum Gasteiger partial charge on any atom is -0.378 e. The molecule has 0 amide bonds. The smallest absolute Gasteiger partial charge is 0.255 e. The van der Waals surface area contributed by atoms with Gasteiger partial charge in [0.25, 0.3) is 5.56 Å². The molecule has 0 unspecified atom stereocenters. The van der Waals surface area contributed by atoms with Crippen LogP contribution in [-0.2, 0) is 17.6 Å². The standard InChI is InChI=1S/C12H15N5O2/c18-10-8-2-1-3-9(8)17-11(13-10)14-12(15-17)16-4-6-19-7-5-16/h1-7H2,(H,13,14,15,18). The first-order valence-corrected chi connectivity index (χ1v) is 6.66. The largest absolute Gasteiger partial charge is 0.378 e. The lowest BCUT2D eigenvalue weighted by Gasteiger charge is -2.25. The van der Waals surface area contributed by atoms with E-state index in [9.17, 15) is 4.79 Å². The summed E-state index contributed by atoms with van der Waals surface area (Å²) in [6.45, 7) is 2.99. The van der Waals surface area contributed by atoms with Gasteiger partial charge in [-0.1, -0.05) is 0 Å². The number of ether oxygens (including phenoxy) is 1. The highest BCUT2D eigenvalue weighted by molar-refractivity contribution is 5.42. The van der Waals surface area contributed by atoms with Gasteiger partial charge in [-0.05, 0) is 19.3 Å². The second-order valence-electron chi connectivity index (χ2n) is 4.98. The Balaban J connectivity index is 1.85. The van der Waals surface area contributed by atoms with E-state index in [0.717, 1.165) is 43.6 Å². The summed E-state index contributed by atoms with van der Waals surface area (Å²) >= 11 is 0. The van der Waals surface area contributed by atoms with Gasteiger partial charge in [-0.25, -0.2) is 4.52 Å². The Kier molecular flexibility index (Phi) is 2.34. The minimum absolute atomic E-state index is 0.0130. The van der Waals surface area contributed by atoms with Gasteiger partial charge in [0, 0.05) is 18.7 Å². The fourth-order valence-electron chi connectivity index (χ4n) is 2.85. The van der Waals surface area contributed by atoms with Gasteiger partial charge in [-0.15, -0.1) is 5.10 Å². The van der Waals surface area contributed by atoms with Crippen molar-refractivity contribution in [1.82, 2.24) is 19.6 Å². The van der Waals surface area contributed by atoms with E-state index in [1.807, 2.05) is 0 Å². The Morgan fingerprint density at radius 1 is 1.21 bits per heavy atom. The molecule has 1 fully saturated rings. The highest BCUT2D eigenvalue weighted by Crippen LogP contribution is 2.20. The predicted molar refractivity (Wildman–Crippen MR) is 68.7 cm³/mol. The number of fused-ring (bicyclic) bond motifs is 3. The number of aromatic nitrogens is 4. The summed E-state index contributed by atoms with van der Waals surface area (Å²) in [6.07, 6.45) is 2.76. The molecule has 7 nitrogen and oxygen atoms in total. The summed E-state index contributed by atoms with van der Waals surface area (Å²) in [5, 5.41) is 4.55. The molecule has 0 atom stereocenters. The van der Waals surface area contributed by atoms with Gasteiger partial charge in [0.2, 0.25) is 11.7 Å². The Morgan fingerprint density at radius 3 is 2.89 bits per heavy atom. The number of H-pyrrole nitrogens is 1. The van der Waals surface area contributed by atoms with Crippen molar-refractivity contribution >= 4 is 11.7 Å². The molecule has 1 N–H and O–H groups in total. The summed E-state index contributed by atoms with van der Waals surface area (Å²) in [7, 11) is 0. The van der Waals surface area contributed by atoms with E-state index >= 15 is 0 Å². The number of nitrogens with zero attached hydrogens (tertiary/aromatic N) is 4. The summed E-state index contributed by atoms with van der Waals surface area (Å²) in [4.78, 5) is 21.3. The van der Waals surface area contributed by atoms with E-state index in [1.54, 1.807) is 4.52 Å². The fourth-order valence-corrected chi connectivity index (χ4v) is 2.85. The van der Waals surface area contributed by atoms with E-state index < -0.39 is 0 Å². The lowest BCUT2D eigenvalue weighted by molar-refractivity contribution is 0.122. The minimum atomic E-state index is -0.0130. The van der Waals surface area contributed by atoms with Crippen molar-refractivity contribution in [2.45, 2.75) is 19.3 Å². The molecular formula is C12H15N5O2. The molecule has 1 aliphatic heterocycles. The predicted octanol–water partition coefficient (Wildman–Crippen LogP) is -0.257. The van der Waals surface area contributed by atoms with Crippen LogP contribution < -0.4 is 10.5 Å². The van der Waals surface area contributed by atoms with Crippen LogP contribution in [0.15, 0.2) is 4.79 Å². The molecule has 19 heavy (non-hydrogen) atoms. The van der Waals surface area contributed by atoms with Crippen LogP contribution in [0.5, 0.6) is 0 Å². The normalized spacial score (nSPS) is 19.1. The highest BCUT2D eigenvalue weighted by atomic mass is 16.5. The number of anilines is 1. The van der Waals surface area contributed by atoms with Crippen LogP contribution in [0.3, 0.4) is 0 Å². The van der Waals surface area contributed by atoms with Crippen molar-refractivity contribution in [1.29, 1.82) is 0 Å². The van der Waals surface area contributed by atoms with E-state index in [1.165, 1.54) is 0 Å². The molecule has 0 radical (unpaired) electrons. The van der Waals surface area contributed by atoms with Gasteiger partial charge in [0.15, 0.2) is 0 Å². The molecule has 100 valence electrons. The van der Waals surface area contributed by atoms with Gasteiger partial charge in [-0.3, -0.25) is 9.78 Å². The van der Waals surface area contributed by atoms with Crippen molar-refractivity contribution < 1.29 is 4.74 Å². The van der Waals surface area contributed by atoms with Crippen LogP contribution in [0.25, 0.3) is 5.78 Å². The number of aromatic amines is 1. The zero-order valence-corrected chi connectivity index (χ0v) is 10.6. The average molecular weight is 261 g/mol. The third-order valence-corrected chi connectivity index (χ3v) is 3.83. The maximum absolute atomic E-state index is 11.9. The maximum Gasteiger partial charge on any atom is 0.255 e. The maximum atomic E-state index is 11.9. The van der Waals surface area contributed by atoms with Crippen molar-refractivity contribution in [3.05, 3.63) is 21.6 Å². The second-order valence-corrected chi connectivity index (χ2v) is 4.98. The number of hydrogen-bond acceptors (Lipinski definition) is 5. The molecule has 2 aromatic rings. The lowest BCUT2D eigenvalue weighted by atomic mass is 10.3. The van der Waals surface area contributed by atoms with Crippen LogP contribution in [-0.4, -0.2) is 45.9 Å². The molecule has 0 bridgehead atoms. The third-order valence-electron chi connectivity index (χ3n) is 3.83. The SMILES string of the molecule is O=c1[nH]c2nc(N3CCOCC3)nn2c2c1CCC2. The van der Waals surface area contributed by atoms with E-state index in [2.05, 4.69) is 20.0 Å². The van der Waals surface area contributed by atoms with Crippen molar-refractivity contribution in [2.75, 3.05) is 31.2 Å². The Bertz CT molecular complexity index is 683. The van der Waals surface area contributed by atoms with Crippen molar-refractivity contribution in [2.24, 2.45) is 0 Å². The first kappa shape index (κ1) is 11.0. The van der Waals surface area contributed by atoms with Gasteiger partial charge in [0.05, 0.1) is 18.9 Å². The van der Waals surface area contributed by atoms with Gasteiger partial charge in [-0.2, -0.15) is 4.98 Å². The first-order chi connectivity index (χ1) is 9.33. The zero-order valence-electron chi connectivity index (χ0n) is 10.6. The van der Waals surface area contributed by atoms with Crippen LogP contribution in [0.2, 0.25) is 0 Å². The molecule has 1 aliphatic carbocycles. The van der Waals surface area contributed by atoms with Crippen LogP contribution in [0.4, 0.5) is 5.95 Å². The topological polar surface area (TPSA) is 75.5 Å². The highest BCUT2D eigenvalue weighted by Gasteiger charge is 2.22. The number of rotatable bonds is 1. The quantitative estimate of drug-likeness (QED) is 0.765. The summed E-state index contributed by atoms with van der Waals surface area (Å²) in [5.74, 6) is 1.23. The van der Waals surface area contributed by atoms with Crippen LogP contribution >= 0.6 is 0 Å². The Hall–Kier alpha value is -1.89. The fraction of sp³-hybridized carbons (Fsp3) is 0.583. The molecule has 0 spiro atoms. The third kappa shape index (κ3) is 1.65. The van der Waals surface area contributed by atoms with Crippen LogP contribution in [0, 0.1) is 0 Å². The molecule has 0 saturated carbocycles. The summed E-state index contributed by atoms with van der Waals surface area (Å²) in [5.41, 5.74) is 1.87. The number of aryl methyl sites for hydroxylation is 1. The number of hydrogen-bond donors (Lipinski definition) is 1. The summed E-state index contributed by atoms with van der Waals surface area (Å²) in [6, 6.07) is 0. The monoisotopic (exact) mass is 261 g/mol. The number of nitrogens with one attached hydrogen (secondary N) is 1. The van der Waals surface area contributed by atoms with E-state index in [0.29, 0.717) is 24.9 Å². The molecular weight excluding hydrogens is 246 g/mol. The van der Waals surface area contributed by atoms with E-state index in [-0.39, 0.29) is 5.56 Å². The summed E-state index contributed by atoms with van der Waals surface area (Å²) < 4.78 is 7.13. The lowest BCUT2D eigenvalue weighted by Crippen LogP contribution is -2.36. The molecule has 3 heterocycles. The molecule has 2 aromatic heterocycles. The van der Waals surface area contributed by atoms with Crippen LogP contribution in [0.1, 0.15) is 17.7 Å². The molecule has 0 aromatic carbocycles. The van der Waals surface area contributed by atoms with E-state index in [4.69, 9.17) is 4.74 Å².